The fourth-order valence-corrected chi connectivity index (χ4v) is 3.04. The molecule has 0 fully saturated rings. The topological polar surface area (TPSA) is 72.5 Å². The van der Waals surface area contributed by atoms with Crippen LogP contribution in [0, 0.1) is 0 Å². The Morgan fingerprint density at radius 3 is 2.56 bits per heavy atom. The molecule has 3 aromatic rings. The summed E-state index contributed by atoms with van der Waals surface area (Å²) in [5.41, 5.74) is 7.56. The molecule has 0 aliphatic rings. The Labute approximate surface area is 157 Å². The summed E-state index contributed by atoms with van der Waals surface area (Å²) in [5, 5.41) is 5.34. The second-order valence-corrected chi connectivity index (χ2v) is 6.24. The van der Waals surface area contributed by atoms with Crippen molar-refractivity contribution in [3.05, 3.63) is 65.7 Å². The number of benzene rings is 2. The molecule has 0 saturated carbocycles. The Morgan fingerprint density at radius 1 is 1.11 bits per heavy atom. The van der Waals surface area contributed by atoms with Gasteiger partial charge in [0.25, 0.3) is 0 Å². The van der Waals surface area contributed by atoms with Crippen molar-refractivity contribution in [1.82, 2.24) is 4.98 Å². The van der Waals surface area contributed by atoms with Crippen LogP contribution < -0.4 is 15.8 Å². The number of aliphatic imine (C=N–C) groups is 1. The van der Waals surface area contributed by atoms with Crippen LogP contribution in [0.5, 0.6) is 5.75 Å². The van der Waals surface area contributed by atoms with Crippen LogP contribution in [0.15, 0.2) is 65.0 Å². The summed E-state index contributed by atoms with van der Waals surface area (Å²) in [6, 6.07) is 15.3. The molecule has 0 unspecified atom stereocenters. The van der Waals surface area contributed by atoms with Gasteiger partial charge in [-0.2, -0.15) is 0 Å². The largest absolute Gasteiger partial charge is 0.573 e. The highest BCUT2D eigenvalue weighted by molar-refractivity contribution is 7.13. The van der Waals surface area contributed by atoms with Crippen LogP contribution in [-0.2, 0) is 6.54 Å². The van der Waals surface area contributed by atoms with Gasteiger partial charge in [-0.05, 0) is 12.1 Å². The maximum Gasteiger partial charge on any atom is 0.573 e. The van der Waals surface area contributed by atoms with E-state index in [1.165, 1.54) is 29.5 Å². The van der Waals surface area contributed by atoms with Crippen molar-refractivity contribution in [3.8, 4) is 16.3 Å². The molecule has 27 heavy (non-hydrogen) atoms. The molecule has 0 bridgehead atoms. The van der Waals surface area contributed by atoms with Gasteiger partial charge in [-0.3, -0.25) is 0 Å². The number of anilines is 1. The summed E-state index contributed by atoms with van der Waals surface area (Å²) in [7, 11) is 0. The van der Waals surface area contributed by atoms with E-state index in [4.69, 9.17) is 5.73 Å². The lowest BCUT2D eigenvalue weighted by atomic mass is 10.2. The number of thiazole rings is 1. The van der Waals surface area contributed by atoms with E-state index in [1.54, 1.807) is 6.07 Å². The van der Waals surface area contributed by atoms with E-state index in [0.29, 0.717) is 5.69 Å². The molecule has 0 saturated heterocycles. The maximum atomic E-state index is 12.5. The lowest BCUT2D eigenvalue weighted by Gasteiger charge is -2.14. The molecule has 5 nitrogen and oxygen atoms in total. The first-order chi connectivity index (χ1) is 12.9. The standard InChI is InChI=1S/C18H15F3N4OS/c19-18(20,21)26-15-9-5-4-8-14(15)25-17(22)23-10-13-11-27-16(24-13)12-6-2-1-3-7-12/h1-9,11H,10H2,(H3,22,23,25). The lowest BCUT2D eigenvalue weighted by molar-refractivity contribution is -0.274. The van der Waals surface area contributed by atoms with Crippen LogP contribution in [0.2, 0.25) is 0 Å². The van der Waals surface area contributed by atoms with E-state index < -0.39 is 6.36 Å². The van der Waals surface area contributed by atoms with Gasteiger partial charge in [0.2, 0.25) is 0 Å². The zero-order valence-electron chi connectivity index (χ0n) is 13.9. The molecular weight excluding hydrogens is 377 g/mol. The summed E-state index contributed by atoms with van der Waals surface area (Å²) in [4.78, 5) is 8.61. The number of alkyl halides is 3. The number of hydrogen-bond acceptors (Lipinski definition) is 4. The summed E-state index contributed by atoms with van der Waals surface area (Å²) < 4.78 is 41.3. The summed E-state index contributed by atoms with van der Waals surface area (Å²) >= 11 is 1.48. The average molecular weight is 392 g/mol. The van der Waals surface area contributed by atoms with E-state index in [9.17, 15) is 13.2 Å². The van der Waals surface area contributed by atoms with Crippen LogP contribution in [0.25, 0.3) is 10.6 Å². The summed E-state index contributed by atoms with van der Waals surface area (Å²) in [5.74, 6) is -0.425. The van der Waals surface area contributed by atoms with Crippen LogP contribution in [0.3, 0.4) is 0 Å². The number of ether oxygens (including phenoxy) is 1. The predicted molar refractivity (Wildman–Crippen MR) is 99.6 cm³/mol. The maximum absolute atomic E-state index is 12.5. The van der Waals surface area contributed by atoms with Gasteiger partial charge in [0.1, 0.15) is 5.01 Å². The van der Waals surface area contributed by atoms with Gasteiger partial charge < -0.3 is 15.8 Å². The number of halogens is 3. The molecule has 9 heteroatoms. The third-order valence-electron chi connectivity index (χ3n) is 3.36. The molecule has 140 valence electrons. The Kier molecular flexibility index (Phi) is 5.60. The van der Waals surface area contributed by atoms with E-state index in [-0.39, 0.29) is 23.9 Å². The van der Waals surface area contributed by atoms with Crippen molar-refractivity contribution in [2.24, 2.45) is 10.7 Å². The lowest BCUT2D eigenvalue weighted by Crippen LogP contribution is -2.24. The smallest absolute Gasteiger partial charge is 0.404 e. The number of hydrogen-bond donors (Lipinski definition) is 2. The van der Waals surface area contributed by atoms with Gasteiger partial charge in [0, 0.05) is 10.9 Å². The Hall–Kier alpha value is -3.07. The Morgan fingerprint density at radius 2 is 1.81 bits per heavy atom. The van der Waals surface area contributed by atoms with E-state index in [2.05, 4.69) is 20.0 Å². The van der Waals surface area contributed by atoms with Crippen molar-refractivity contribution in [3.63, 3.8) is 0 Å². The number of nitrogens with zero attached hydrogens (tertiary/aromatic N) is 2. The third-order valence-corrected chi connectivity index (χ3v) is 4.30. The molecule has 3 N–H and O–H groups in total. The molecular formula is C18H15F3N4OS. The van der Waals surface area contributed by atoms with E-state index in [0.717, 1.165) is 10.6 Å². The third kappa shape index (κ3) is 5.45. The number of nitrogens with two attached hydrogens (primary N) is 1. The van der Waals surface area contributed by atoms with E-state index >= 15 is 0 Å². The highest BCUT2D eigenvalue weighted by Crippen LogP contribution is 2.29. The molecule has 2 aromatic carbocycles. The van der Waals surface area contributed by atoms with E-state index in [1.807, 2.05) is 35.7 Å². The molecule has 0 aliphatic heterocycles. The molecule has 0 amide bonds. The molecule has 0 spiro atoms. The first-order valence-electron chi connectivity index (χ1n) is 7.82. The average Bonchev–Trinajstić information content (AvgIpc) is 3.10. The SMILES string of the molecule is NC(=NCc1csc(-c2ccccc2)n1)Nc1ccccc1OC(F)(F)F. The first-order valence-corrected chi connectivity index (χ1v) is 8.70. The van der Waals surface area contributed by atoms with Crippen molar-refractivity contribution in [2.75, 3.05) is 5.32 Å². The highest BCUT2D eigenvalue weighted by atomic mass is 32.1. The van der Waals surface area contributed by atoms with Crippen molar-refractivity contribution >= 4 is 23.0 Å². The minimum absolute atomic E-state index is 0.0394. The minimum atomic E-state index is -4.79. The zero-order valence-corrected chi connectivity index (χ0v) is 14.7. The molecule has 1 aromatic heterocycles. The van der Waals surface area contributed by atoms with Gasteiger partial charge >= 0.3 is 6.36 Å². The molecule has 1 heterocycles. The monoisotopic (exact) mass is 392 g/mol. The second kappa shape index (κ2) is 8.09. The predicted octanol–water partition coefficient (Wildman–Crippen LogP) is 4.64. The first kappa shape index (κ1) is 18.7. The number of aromatic nitrogens is 1. The zero-order chi connectivity index (χ0) is 19.3. The van der Waals surface area contributed by atoms with Gasteiger partial charge in [0.15, 0.2) is 11.7 Å². The Balaban J connectivity index is 1.67. The summed E-state index contributed by atoms with van der Waals surface area (Å²) in [6.45, 7) is 0.199. The van der Waals surface area contributed by atoms with Crippen LogP contribution in [-0.4, -0.2) is 17.3 Å². The highest BCUT2D eigenvalue weighted by Gasteiger charge is 2.32. The van der Waals surface area contributed by atoms with Gasteiger partial charge in [-0.25, -0.2) is 9.98 Å². The van der Waals surface area contributed by atoms with Crippen LogP contribution in [0.4, 0.5) is 18.9 Å². The number of para-hydroxylation sites is 2. The molecule has 0 radical (unpaired) electrons. The van der Waals surface area contributed by atoms with Gasteiger partial charge in [0.05, 0.1) is 17.9 Å². The quantitative estimate of drug-likeness (QED) is 0.490. The molecule has 0 atom stereocenters. The van der Waals surface area contributed by atoms with Crippen molar-refractivity contribution < 1.29 is 17.9 Å². The van der Waals surface area contributed by atoms with Crippen molar-refractivity contribution in [2.45, 2.75) is 12.9 Å². The van der Waals surface area contributed by atoms with Crippen LogP contribution in [0.1, 0.15) is 5.69 Å². The minimum Gasteiger partial charge on any atom is -0.404 e. The molecule has 3 rings (SSSR count). The number of rotatable bonds is 5. The van der Waals surface area contributed by atoms with Crippen LogP contribution >= 0.6 is 11.3 Å². The number of nitrogens with one attached hydrogen (secondary N) is 1. The molecule has 0 aliphatic carbocycles. The number of guanidine groups is 1. The normalized spacial score (nSPS) is 12.0. The Bertz CT molecular complexity index is 926. The van der Waals surface area contributed by atoms with Gasteiger partial charge in [-0.1, -0.05) is 42.5 Å². The fourth-order valence-electron chi connectivity index (χ4n) is 2.22. The van der Waals surface area contributed by atoms with Gasteiger partial charge in [-0.15, -0.1) is 24.5 Å². The second-order valence-electron chi connectivity index (χ2n) is 5.38. The van der Waals surface area contributed by atoms with Crippen molar-refractivity contribution in [1.29, 1.82) is 0 Å². The fraction of sp³-hybridized carbons (Fsp3) is 0.111. The summed E-state index contributed by atoms with van der Waals surface area (Å²) in [6.07, 6.45) is -4.79.